The Labute approximate surface area is 88.4 Å². The number of para-hydroxylation sites is 1. The number of nitrogens with one attached hydrogen (secondary N) is 1. The Morgan fingerprint density at radius 3 is 2.60 bits per heavy atom. The van der Waals surface area contributed by atoms with Gasteiger partial charge in [-0.1, -0.05) is 12.1 Å². The quantitative estimate of drug-likeness (QED) is 0.705. The number of benzene rings is 1. The minimum Gasteiger partial charge on any atom is -0.502 e. The summed E-state index contributed by atoms with van der Waals surface area (Å²) in [6.07, 6.45) is 2.14. The number of hydrogen-bond acceptors (Lipinski definition) is 1. The summed E-state index contributed by atoms with van der Waals surface area (Å²) < 4.78 is 0. The summed E-state index contributed by atoms with van der Waals surface area (Å²) in [4.78, 5) is 13.8. The second kappa shape index (κ2) is 4.21. The number of amides is 1. The maximum Gasteiger partial charge on any atom is 0.260 e. The average Bonchev–Trinajstić information content (AvgIpc) is 2.81. The summed E-state index contributed by atoms with van der Waals surface area (Å²) in [5, 5.41) is 2.05. The summed E-state index contributed by atoms with van der Waals surface area (Å²) >= 11 is 0. The van der Waals surface area contributed by atoms with Gasteiger partial charge in [-0.2, -0.15) is 0 Å². The van der Waals surface area contributed by atoms with Crippen LogP contribution in [0.15, 0.2) is 24.3 Å². The van der Waals surface area contributed by atoms with Crippen LogP contribution in [0.4, 0.5) is 5.69 Å². The number of carbonyl (C=O) groups is 1. The Hall–Kier alpha value is -1.71. The number of nitrogens with zero attached hydrogens (tertiary/aromatic N) is 2. The van der Waals surface area contributed by atoms with Gasteiger partial charge in [0.1, 0.15) is 5.56 Å². The van der Waals surface area contributed by atoms with E-state index in [-0.39, 0.29) is 5.91 Å². The van der Waals surface area contributed by atoms with Crippen LogP contribution >= 0.6 is 0 Å². The molecule has 0 atom stereocenters. The summed E-state index contributed by atoms with van der Waals surface area (Å²) in [6, 6.07) is 6.98. The molecule has 0 saturated carbocycles. The number of carbonyl (C=O) groups excluding carboxylic acids is 1. The van der Waals surface area contributed by atoms with Crippen LogP contribution in [0.3, 0.4) is 0 Å². The van der Waals surface area contributed by atoms with Crippen molar-refractivity contribution in [2.75, 3.05) is 13.1 Å². The minimum atomic E-state index is -0.00958. The van der Waals surface area contributed by atoms with E-state index < -0.39 is 0 Å². The molecule has 1 N–H and O–H groups in total. The van der Waals surface area contributed by atoms with Crippen molar-refractivity contribution >= 4 is 11.6 Å². The minimum absolute atomic E-state index is 0.00958. The molecular formula is C11H13N3O. The van der Waals surface area contributed by atoms with Gasteiger partial charge in [0.25, 0.3) is 5.91 Å². The van der Waals surface area contributed by atoms with Gasteiger partial charge in [-0.05, 0) is 18.9 Å². The first-order valence-electron chi connectivity index (χ1n) is 5.11. The Bertz CT molecular complexity index is 383. The fourth-order valence-electron chi connectivity index (χ4n) is 1.86. The summed E-state index contributed by atoms with van der Waals surface area (Å²) in [6.45, 7) is 1.64. The van der Waals surface area contributed by atoms with Gasteiger partial charge in [0.15, 0.2) is 0 Å². The topological polar surface area (TPSA) is 56.6 Å². The van der Waals surface area contributed by atoms with Crippen molar-refractivity contribution < 1.29 is 9.91 Å². The zero-order valence-electron chi connectivity index (χ0n) is 8.44. The van der Waals surface area contributed by atoms with E-state index in [1.165, 1.54) is 0 Å². The van der Waals surface area contributed by atoms with E-state index in [9.17, 15) is 4.79 Å². The van der Waals surface area contributed by atoms with Gasteiger partial charge >= 0.3 is 0 Å². The molecule has 4 heteroatoms. The van der Waals surface area contributed by atoms with E-state index in [0.717, 1.165) is 25.9 Å². The van der Waals surface area contributed by atoms with E-state index in [4.69, 9.17) is 5.53 Å². The molecule has 1 saturated heterocycles. The normalized spacial score (nSPS) is 15.3. The number of hydrogen-bond donors (Lipinski definition) is 1. The maximum atomic E-state index is 12.0. The molecule has 2 rings (SSSR count). The van der Waals surface area contributed by atoms with Gasteiger partial charge in [-0.3, -0.25) is 9.91 Å². The summed E-state index contributed by atoms with van der Waals surface area (Å²) in [7, 11) is 0. The van der Waals surface area contributed by atoms with Crippen molar-refractivity contribution in [2.24, 2.45) is 0 Å². The third kappa shape index (κ3) is 1.88. The third-order valence-corrected chi connectivity index (χ3v) is 2.67. The number of likely N-dealkylation sites (tertiary alicyclic amines) is 1. The molecule has 1 aromatic carbocycles. The lowest BCUT2D eigenvalue weighted by Gasteiger charge is -2.14. The third-order valence-electron chi connectivity index (χ3n) is 2.67. The molecule has 1 aromatic rings. The molecule has 1 fully saturated rings. The van der Waals surface area contributed by atoms with Crippen LogP contribution in [0.25, 0.3) is 5.53 Å². The van der Waals surface area contributed by atoms with E-state index in [2.05, 4.69) is 5.11 Å². The SMILES string of the molecule is [N-]=[NH+]c1ccccc1C(=O)N1CCCC1. The molecule has 0 aliphatic carbocycles. The van der Waals surface area contributed by atoms with Gasteiger partial charge in [-0.25, -0.2) is 0 Å². The number of rotatable bonds is 2. The highest BCUT2D eigenvalue weighted by Gasteiger charge is 2.22. The van der Waals surface area contributed by atoms with E-state index in [1.54, 1.807) is 24.3 Å². The lowest BCUT2D eigenvalue weighted by molar-refractivity contribution is -0.380. The molecular weight excluding hydrogens is 190 g/mol. The predicted molar refractivity (Wildman–Crippen MR) is 55.6 cm³/mol. The summed E-state index contributed by atoms with van der Waals surface area (Å²) in [5.41, 5.74) is 9.89. The van der Waals surface area contributed by atoms with Crippen molar-refractivity contribution in [3.8, 4) is 0 Å². The Morgan fingerprint density at radius 2 is 1.93 bits per heavy atom. The van der Waals surface area contributed by atoms with Crippen molar-refractivity contribution in [3.63, 3.8) is 0 Å². The second-order valence-electron chi connectivity index (χ2n) is 3.66. The highest BCUT2D eigenvalue weighted by atomic mass is 16.2. The largest absolute Gasteiger partial charge is 0.502 e. The van der Waals surface area contributed by atoms with Gasteiger partial charge < -0.3 is 10.4 Å². The van der Waals surface area contributed by atoms with Crippen LogP contribution in [0.5, 0.6) is 0 Å². The predicted octanol–water partition coefficient (Wildman–Crippen LogP) is 0.656. The van der Waals surface area contributed by atoms with Gasteiger partial charge in [0, 0.05) is 19.2 Å². The molecule has 0 aromatic heterocycles. The molecule has 0 spiro atoms. The first-order valence-corrected chi connectivity index (χ1v) is 5.11. The molecule has 0 bridgehead atoms. The van der Waals surface area contributed by atoms with E-state index >= 15 is 0 Å². The molecule has 0 unspecified atom stereocenters. The molecule has 15 heavy (non-hydrogen) atoms. The van der Waals surface area contributed by atoms with E-state index in [0.29, 0.717) is 11.3 Å². The Balaban J connectivity index is 2.27. The zero-order valence-corrected chi connectivity index (χ0v) is 8.44. The second-order valence-corrected chi connectivity index (χ2v) is 3.66. The molecule has 1 amide bonds. The highest BCUT2D eigenvalue weighted by molar-refractivity contribution is 5.98. The van der Waals surface area contributed by atoms with Gasteiger partial charge in [0.2, 0.25) is 5.69 Å². The summed E-state index contributed by atoms with van der Waals surface area (Å²) in [5.74, 6) is -0.00958. The van der Waals surface area contributed by atoms with Crippen LogP contribution in [-0.4, -0.2) is 23.9 Å². The molecule has 4 nitrogen and oxygen atoms in total. The van der Waals surface area contributed by atoms with Crippen molar-refractivity contribution in [1.29, 1.82) is 0 Å². The lowest BCUT2D eigenvalue weighted by atomic mass is 10.1. The smallest absolute Gasteiger partial charge is 0.260 e. The van der Waals surface area contributed by atoms with Crippen molar-refractivity contribution in [2.45, 2.75) is 12.8 Å². The fourth-order valence-corrected chi connectivity index (χ4v) is 1.86. The van der Waals surface area contributed by atoms with Gasteiger partial charge in [-0.15, -0.1) is 0 Å². The van der Waals surface area contributed by atoms with E-state index in [1.807, 2.05) is 4.90 Å². The molecule has 1 aliphatic rings. The average molecular weight is 203 g/mol. The monoisotopic (exact) mass is 203 g/mol. The van der Waals surface area contributed by atoms with Crippen LogP contribution in [0.1, 0.15) is 23.2 Å². The van der Waals surface area contributed by atoms with Crippen LogP contribution in [0, 0.1) is 0 Å². The molecule has 0 radical (unpaired) electrons. The van der Waals surface area contributed by atoms with Crippen LogP contribution < -0.4 is 5.11 Å². The van der Waals surface area contributed by atoms with Crippen LogP contribution in [-0.2, 0) is 0 Å². The Morgan fingerprint density at radius 1 is 1.27 bits per heavy atom. The standard InChI is InChI=1S/C11H13N3O/c12-13-10-6-2-1-5-9(10)11(15)14-7-3-4-8-14/h1-2,5-6,13H,3-4,7-8H2. The molecule has 1 aliphatic heterocycles. The highest BCUT2D eigenvalue weighted by Crippen LogP contribution is 2.16. The maximum absolute atomic E-state index is 12.0. The molecule has 1 heterocycles. The zero-order chi connectivity index (χ0) is 10.7. The van der Waals surface area contributed by atoms with Crippen LogP contribution in [0.2, 0.25) is 0 Å². The molecule has 78 valence electrons. The van der Waals surface area contributed by atoms with Crippen molar-refractivity contribution in [1.82, 2.24) is 4.90 Å². The lowest BCUT2D eigenvalue weighted by Crippen LogP contribution is -2.55. The first kappa shape index (κ1) is 9.83. The fraction of sp³-hybridized carbons (Fsp3) is 0.364. The van der Waals surface area contributed by atoms with Crippen molar-refractivity contribution in [3.05, 3.63) is 35.4 Å². The Kier molecular flexibility index (Phi) is 2.76. The first-order chi connectivity index (χ1) is 7.33. The van der Waals surface area contributed by atoms with Gasteiger partial charge in [0.05, 0.1) is 0 Å².